The van der Waals surface area contributed by atoms with Gasteiger partial charge < -0.3 is 9.80 Å². The van der Waals surface area contributed by atoms with E-state index in [4.69, 9.17) is 0 Å². The second-order valence-corrected chi connectivity index (χ2v) is 5.61. The van der Waals surface area contributed by atoms with Crippen LogP contribution in [0.15, 0.2) is 29.1 Å². The zero-order chi connectivity index (χ0) is 15.5. The lowest BCUT2D eigenvalue weighted by Crippen LogP contribution is -2.39. The summed E-state index contributed by atoms with van der Waals surface area (Å²) in [6.45, 7) is 3.19. The second-order valence-electron chi connectivity index (χ2n) is 5.61. The molecule has 0 bridgehead atoms. The molecule has 1 aliphatic rings. The lowest BCUT2D eigenvalue weighted by molar-refractivity contribution is -0.132. The van der Waals surface area contributed by atoms with Gasteiger partial charge >= 0.3 is 0 Å². The topological polar surface area (TPSA) is 71.3 Å². The van der Waals surface area contributed by atoms with Gasteiger partial charge in [0.25, 0.3) is 5.56 Å². The van der Waals surface area contributed by atoms with Crippen molar-refractivity contribution in [3.8, 4) is 0 Å². The fraction of sp³-hybridized carbons (Fsp3) is 0.467. The van der Waals surface area contributed by atoms with Gasteiger partial charge in [0, 0.05) is 19.6 Å². The molecular weight excluding hydrogens is 282 g/mol. The Morgan fingerprint density at radius 2 is 2.00 bits per heavy atom. The average Bonchev–Trinajstić information content (AvgIpc) is 2.75. The van der Waals surface area contributed by atoms with Gasteiger partial charge in [-0.1, -0.05) is 17.3 Å². The number of hydrogen-bond donors (Lipinski definition) is 0. The smallest absolute Gasteiger partial charge is 0.278 e. The molecule has 3 rings (SSSR count). The van der Waals surface area contributed by atoms with E-state index in [1.807, 2.05) is 7.05 Å². The Morgan fingerprint density at radius 3 is 2.86 bits per heavy atom. The number of hydrogen-bond acceptors (Lipinski definition) is 5. The van der Waals surface area contributed by atoms with Crippen molar-refractivity contribution in [3.63, 3.8) is 0 Å². The number of carbonyl (C=O) groups excluding carboxylic acids is 1. The van der Waals surface area contributed by atoms with E-state index in [0.29, 0.717) is 17.4 Å². The first-order valence-corrected chi connectivity index (χ1v) is 7.44. The maximum Gasteiger partial charge on any atom is 0.278 e. The third-order valence-electron chi connectivity index (χ3n) is 3.99. The van der Waals surface area contributed by atoms with Gasteiger partial charge in [-0.05, 0) is 32.1 Å². The van der Waals surface area contributed by atoms with Crippen molar-refractivity contribution in [2.45, 2.75) is 13.0 Å². The predicted molar refractivity (Wildman–Crippen MR) is 82.5 cm³/mol. The first-order valence-electron chi connectivity index (χ1n) is 7.44. The molecule has 1 aliphatic heterocycles. The van der Waals surface area contributed by atoms with E-state index in [1.54, 1.807) is 29.2 Å². The summed E-state index contributed by atoms with van der Waals surface area (Å²) in [4.78, 5) is 28.7. The first-order chi connectivity index (χ1) is 10.6. The molecule has 2 heterocycles. The summed E-state index contributed by atoms with van der Waals surface area (Å²) in [6, 6.07) is 7.02. The van der Waals surface area contributed by atoms with E-state index in [1.165, 1.54) is 0 Å². The normalized spacial score (nSPS) is 16.7. The number of amides is 1. The SMILES string of the molecule is CN1CCCN(C(=O)Cn2nnc3ccccc3c2=O)CC1. The molecule has 0 aliphatic carbocycles. The van der Waals surface area contributed by atoms with Gasteiger partial charge in [-0.15, -0.1) is 5.10 Å². The highest BCUT2D eigenvalue weighted by molar-refractivity contribution is 5.78. The molecule has 1 fully saturated rings. The summed E-state index contributed by atoms with van der Waals surface area (Å²) in [6.07, 6.45) is 0.945. The zero-order valence-corrected chi connectivity index (χ0v) is 12.6. The van der Waals surface area contributed by atoms with Gasteiger partial charge in [-0.25, -0.2) is 4.68 Å². The molecule has 116 valence electrons. The van der Waals surface area contributed by atoms with E-state index < -0.39 is 0 Å². The fourth-order valence-corrected chi connectivity index (χ4v) is 2.65. The van der Waals surface area contributed by atoms with E-state index in [0.717, 1.165) is 30.7 Å². The van der Waals surface area contributed by atoms with Crippen molar-refractivity contribution >= 4 is 16.8 Å². The third-order valence-corrected chi connectivity index (χ3v) is 3.99. The summed E-state index contributed by atoms with van der Waals surface area (Å²) in [5, 5.41) is 8.37. The van der Waals surface area contributed by atoms with Crippen molar-refractivity contribution < 1.29 is 4.79 Å². The molecule has 0 saturated carbocycles. The van der Waals surface area contributed by atoms with E-state index in [2.05, 4.69) is 15.2 Å². The van der Waals surface area contributed by atoms with Crippen molar-refractivity contribution in [1.29, 1.82) is 0 Å². The highest BCUT2D eigenvalue weighted by Crippen LogP contribution is 2.05. The number of likely N-dealkylation sites (N-methyl/N-ethyl adjacent to an activating group) is 1. The Labute approximate surface area is 128 Å². The quantitative estimate of drug-likeness (QED) is 0.778. The molecule has 0 atom stereocenters. The van der Waals surface area contributed by atoms with Crippen molar-refractivity contribution in [2.24, 2.45) is 0 Å². The number of aromatic nitrogens is 3. The molecule has 2 aromatic rings. The first kappa shape index (κ1) is 14.6. The Hall–Kier alpha value is -2.28. The largest absolute Gasteiger partial charge is 0.340 e. The molecule has 0 spiro atoms. The van der Waals surface area contributed by atoms with Crippen LogP contribution in [-0.4, -0.2) is 63.9 Å². The van der Waals surface area contributed by atoms with Gasteiger partial charge in [-0.2, -0.15) is 0 Å². The van der Waals surface area contributed by atoms with Crippen molar-refractivity contribution in [3.05, 3.63) is 34.6 Å². The van der Waals surface area contributed by atoms with Crippen LogP contribution in [0.2, 0.25) is 0 Å². The molecule has 1 aromatic carbocycles. The Morgan fingerprint density at radius 1 is 1.18 bits per heavy atom. The summed E-state index contributed by atoms with van der Waals surface area (Å²) in [7, 11) is 2.05. The molecule has 7 nitrogen and oxygen atoms in total. The molecule has 0 N–H and O–H groups in total. The molecule has 0 radical (unpaired) electrons. The van der Waals surface area contributed by atoms with Crippen LogP contribution in [0.1, 0.15) is 6.42 Å². The number of carbonyl (C=O) groups is 1. The average molecular weight is 301 g/mol. The minimum absolute atomic E-state index is 0.0552. The maximum atomic E-state index is 12.4. The predicted octanol–water partition coefficient (Wildman–Crippen LogP) is -0.0444. The Kier molecular flexibility index (Phi) is 4.15. The van der Waals surface area contributed by atoms with Crippen LogP contribution in [0.3, 0.4) is 0 Å². The Balaban J connectivity index is 1.79. The number of rotatable bonds is 2. The van der Waals surface area contributed by atoms with Crippen LogP contribution >= 0.6 is 0 Å². The molecule has 0 unspecified atom stereocenters. The molecule has 1 aromatic heterocycles. The highest BCUT2D eigenvalue weighted by Gasteiger charge is 2.19. The van der Waals surface area contributed by atoms with Gasteiger partial charge in [0.15, 0.2) is 0 Å². The monoisotopic (exact) mass is 301 g/mol. The van der Waals surface area contributed by atoms with Crippen LogP contribution < -0.4 is 5.56 Å². The summed E-state index contributed by atoms with van der Waals surface area (Å²) >= 11 is 0. The zero-order valence-electron chi connectivity index (χ0n) is 12.6. The van der Waals surface area contributed by atoms with Crippen molar-refractivity contribution in [1.82, 2.24) is 24.8 Å². The fourth-order valence-electron chi connectivity index (χ4n) is 2.65. The lowest BCUT2D eigenvalue weighted by atomic mass is 10.2. The number of nitrogens with zero attached hydrogens (tertiary/aromatic N) is 5. The number of benzene rings is 1. The van der Waals surface area contributed by atoms with Crippen LogP contribution in [0, 0.1) is 0 Å². The molecule has 22 heavy (non-hydrogen) atoms. The molecule has 1 amide bonds. The Bertz CT molecular complexity index is 742. The van der Waals surface area contributed by atoms with Crippen molar-refractivity contribution in [2.75, 3.05) is 33.2 Å². The standard InChI is InChI=1S/C15H19N5O2/c1-18-7-4-8-19(10-9-18)14(21)11-20-15(22)12-5-2-3-6-13(12)16-17-20/h2-3,5-6H,4,7-11H2,1H3. The summed E-state index contributed by atoms with van der Waals surface area (Å²) in [5.41, 5.74) is 0.276. The van der Waals surface area contributed by atoms with Crippen LogP contribution in [-0.2, 0) is 11.3 Å². The van der Waals surface area contributed by atoms with Crippen LogP contribution in [0.25, 0.3) is 10.9 Å². The summed E-state index contributed by atoms with van der Waals surface area (Å²) in [5.74, 6) is -0.0815. The van der Waals surface area contributed by atoms with E-state index in [9.17, 15) is 9.59 Å². The van der Waals surface area contributed by atoms with E-state index in [-0.39, 0.29) is 18.0 Å². The van der Waals surface area contributed by atoms with E-state index >= 15 is 0 Å². The van der Waals surface area contributed by atoms with Gasteiger partial charge in [0.1, 0.15) is 12.1 Å². The minimum atomic E-state index is -0.272. The number of fused-ring (bicyclic) bond motifs is 1. The lowest BCUT2D eigenvalue weighted by Gasteiger charge is -2.20. The van der Waals surface area contributed by atoms with Gasteiger partial charge in [-0.3, -0.25) is 9.59 Å². The van der Waals surface area contributed by atoms with Gasteiger partial charge in [0.05, 0.1) is 5.39 Å². The minimum Gasteiger partial charge on any atom is -0.340 e. The van der Waals surface area contributed by atoms with Crippen LogP contribution in [0.5, 0.6) is 0 Å². The van der Waals surface area contributed by atoms with Gasteiger partial charge in [0.2, 0.25) is 5.91 Å². The van der Waals surface area contributed by atoms with Crippen LogP contribution in [0.4, 0.5) is 0 Å². The third kappa shape index (κ3) is 2.99. The molecule has 1 saturated heterocycles. The maximum absolute atomic E-state index is 12.4. The molecular formula is C15H19N5O2. The molecule has 7 heteroatoms. The summed E-state index contributed by atoms with van der Waals surface area (Å²) < 4.78 is 1.15. The second kappa shape index (κ2) is 6.23. The highest BCUT2D eigenvalue weighted by atomic mass is 16.2.